The van der Waals surface area contributed by atoms with Crippen LogP contribution in [0.2, 0.25) is 0 Å². The van der Waals surface area contributed by atoms with Gasteiger partial charge in [0.2, 0.25) is 27.6 Å². The predicted molar refractivity (Wildman–Crippen MR) is 180 cm³/mol. The number of hydrogen-bond acceptors (Lipinski definition) is 7. The zero-order valence-corrected chi connectivity index (χ0v) is 31.1. The molecule has 1 fully saturated rings. The number of carbonyl (C=O) groups is 5. The van der Waals surface area contributed by atoms with Crippen LogP contribution in [0.5, 0.6) is 0 Å². The normalized spacial score (nSPS) is 19.2. The fourth-order valence-corrected chi connectivity index (χ4v) is 5.84. The minimum absolute atomic E-state index is 0.0475. The SMILES string of the molecule is C=CCNC(=O)C(=O)C(CCC(F)(F)F)NC(=O)[C@@H]1[C@@H](C(C)C)CCN1C(=O)[C@@H](NC(=O)N[C@H](CN(C)S(C)(=O)=O)C(C)(C)C)C(C)(C)C. The summed E-state index contributed by atoms with van der Waals surface area (Å²) in [4.78, 5) is 68.0. The molecule has 1 unspecified atom stereocenters. The number of likely N-dealkylation sites (N-methyl/N-ethyl adjacent to an activating group) is 1. The smallest absolute Gasteiger partial charge is 0.346 e. The lowest BCUT2D eigenvalue weighted by Crippen LogP contribution is -2.62. The summed E-state index contributed by atoms with van der Waals surface area (Å²) in [6.07, 6.45) is -4.33. The van der Waals surface area contributed by atoms with Gasteiger partial charge >= 0.3 is 12.2 Å². The average molecular weight is 725 g/mol. The van der Waals surface area contributed by atoms with Gasteiger partial charge in [0, 0.05) is 39.1 Å². The number of alkyl halides is 3. The van der Waals surface area contributed by atoms with Crippen molar-refractivity contribution in [2.45, 2.75) is 105 Å². The minimum Gasteiger partial charge on any atom is -0.346 e. The molecule has 1 rings (SSSR count). The van der Waals surface area contributed by atoms with Gasteiger partial charge in [-0.15, -0.1) is 6.58 Å². The Bertz CT molecular complexity index is 1330. The summed E-state index contributed by atoms with van der Waals surface area (Å²) in [5.41, 5.74) is -1.50. The summed E-state index contributed by atoms with van der Waals surface area (Å²) < 4.78 is 64.7. The Kier molecular flexibility index (Phi) is 15.3. The maximum absolute atomic E-state index is 14.2. The van der Waals surface area contributed by atoms with Crippen molar-refractivity contribution in [1.82, 2.24) is 30.5 Å². The number of urea groups is 1. The second-order valence-electron chi connectivity index (χ2n) is 15.1. The number of nitrogens with zero attached hydrogens (tertiary/aromatic N) is 2. The third-order valence-electron chi connectivity index (χ3n) is 8.58. The first kappa shape index (κ1) is 43.8. The molecule has 0 aliphatic carbocycles. The molecule has 13 nitrogen and oxygen atoms in total. The van der Waals surface area contributed by atoms with Gasteiger partial charge in [0.15, 0.2) is 0 Å². The van der Waals surface area contributed by atoms with Crippen molar-refractivity contribution in [1.29, 1.82) is 0 Å². The van der Waals surface area contributed by atoms with Crippen molar-refractivity contribution in [3.8, 4) is 0 Å². The van der Waals surface area contributed by atoms with Gasteiger partial charge in [-0.1, -0.05) is 61.5 Å². The molecule has 0 aromatic rings. The number of hydrogen-bond donors (Lipinski definition) is 4. The van der Waals surface area contributed by atoms with Crippen LogP contribution in [0.15, 0.2) is 12.7 Å². The Morgan fingerprint density at radius 1 is 0.980 bits per heavy atom. The molecule has 17 heteroatoms. The highest BCUT2D eigenvalue weighted by atomic mass is 32.2. The van der Waals surface area contributed by atoms with Crippen molar-refractivity contribution in [2.24, 2.45) is 22.7 Å². The number of halogens is 3. The van der Waals surface area contributed by atoms with E-state index in [0.29, 0.717) is 6.42 Å². The van der Waals surface area contributed by atoms with Crippen LogP contribution in [0.25, 0.3) is 0 Å². The zero-order valence-electron chi connectivity index (χ0n) is 30.3. The summed E-state index contributed by atoms with van der Waals surface area (Å²) in [6.45, 7) is 17.5. The Balaban J connectivity index is 3.42. The van der Waals surface area contributed by atoms with Crippen LogP contribution in [0.1, 0.15) is 74.7 Å². The number of amides is 5. The van der Waals surface area contributed by atoms with Gasteiger partial charge in [0.25, 0.3) is 5.91 Å². The van der Waals surface area contributed by atoms with E-state index in [-0.39, 0.29) is 25.6 Å². The van der Waals surface area contributed by atoms with Crippen LogP contribution in [-0.4, -0.2) is 110 Å². The molecule has 49 heavy (non-hydrogen) atoms. The van der Waals surface area contributed by atoms with Crippen molar-refractivity contribution >= 4 is 39.6 Å². The second kappa shape index (κ2) is 17.1. The maximum Gasteiger partial charge on any atom is 0.389 e. The monoisotopic (exact) mass is 724 g/mol. The van der Waals surface area contributed by atoms with Crippen LogP contribution >= 0.6 is 0 Å². The largest absolute Gasteiger partial charge is 0.389 e. The molecule has 0 aromatic heterocycles. The number of sulfonamides is 1. The van der Waals surface area contributed by atoms with Gasteiger partial charge in [-0.25, -0.2) is 17.5 Å². The van der Waals surface area contributed by atoms with Crippen LogP contribution in [0.3, 0.4) is 0 Å². The van der Waals surface area contributed by atoms with Gasteiger partial charge in [-0.05, 0) is 35.5 Å². The molecule has 1 aliphatic rings. The van der Waals surface area contributed by atoms with E-state index in [9.17, 15) is 45.6 Å². The van der Waals surface area contributed by atoms with Gasteiger partial charge in [0.1, 0.15) is 12.1 Å². The predicted octanol–water partition coefficient (Wildman–Crippen LogP) is 2.58. The first-order valence-corrected chi connectivity index (χ1v) is 18.1. The summed E-state index contributed by atoms with van der Waals surface area (Å²) in [6, 6.07) is -5.65. The summed E-state index contributed by atoms with van der Waals surface area (Å²) in [5, 5.41) is 10.0. The van der Waals surface area contributed by atoms with E-state index >= 15 is 0 Å². The Labute approximate surface area is 288 Å². The Hall–Kier alpha value is -3.21. The topological polar surface area (TPSA) is 174 Å². The zero-order chi connectivity index (χ0) is 38.3. The van der Waals surface area contributed by atoms with Gasteiger partial charge < -0.3 is 26.2 Å². The molecule has 4 N–H and O–H groups in total. The number of ketones is 1. The van der Waals surface area contributed by atoms with Crippen LogP contribution in [0, 0.1) is 22.7 Å². The van der Waals surface area contributed by atoms with Crippen molar-refractivity contribution in [3.63, 3.8) is 0 Å². The highest BCUT2D eigenvalue weighted by molar-refractivity contribution is 7.88. The fraction of sp³-hybridized carbons (Fsp3) is 0.781. The highest BCUT2D eigenvalue weighted by Gasteiger charge is 2.48. The van der Waals surface area contributed by atoms with E-state index in [4.69, 9.17) is 0 Å². The number of rotatable bonds is 15. The minimum atomic E-state index is -4.67. The number of nitrogens with one attached hydrogen (secondary N) is 4. The molecular formula is C32H55F3N6O7S. The molecule has 0 radical (unpaired) electrons. The van der Waals surface area contributed by atoms with Crippen LogP contribution < -0.4 is 21.3 Å². The quantitative estimate of drug-likeness (QED) is 0.148. The van der Waals surface area contributed by atoms with Crippen LogP contribution in [-0.2, 0) is 29.2 Å². The third-order valence-corrected chi connectivity index (χ3v) is 9.86. The van der Waals surface area contributed by atoms with Crippen molar-refractivity contribution < 1.29 is 45.6 Å². The molecule has 0 aromatic carbocycles. The molecule has 1 heterocycles. The lowest BCUT2D eigenvalue weighted by molar-refractivity contribution is -0.147. The summed E-state index contributed by atoms with van der Waals surface area (Å²) in [5.74, 6) is -4.60. The van der Waals surface area contributed by atoms with E-state index < -0.39 is 99.5 Å². The lowest BCUT2D eigenvalue weighted by Gasteiger charge is -2.38. The molecule has 0 saturated carbocycles. The average Bonchev–Trinajstić information content (AvgIpc) is 3.39. The fourth-order valence-electron chi connectivity index (χ4n) is 5.42. The van der Waals surface area contributed by atoms with Crippen molar-refractivity contribution in [3.05, 3.63) is 12.7 Å². The van der Waals surface area contributed by atoms with Gasteiger partial charge in [0.05, 0.1) is 12.3 Å². The Morgan fingerprint density at radius 2 is 1.55 bits per heavy atom. The molecule has 5 amide bonds. The highest BCUT2D eigenvalue weighted by Crippen LogP contribution is 2.34. The number of Topliss-reactive ketones (excluding diaryl/α,β-unsaturated/α-hetero) is 1. The molecule has 5 atom stereocenters. The molecule has 1 saturated heterocycles. The van der Waals surface area contributed by atoms with E-state index in [1.54, 1.807) is 20.8 Å². The van der Waals surface area contributed by atoms with E-state index in [1.165, 1.54) is 18.0 Å². The third kappa shape index (κ3) is 13.6. The van der Waals surface area contributed by atoms with E-state index in [1.807, 2.05) is 34.6 Å². The first-order chi connectivity index (χ1) is 22.1. The first-order valence-electron chi connectivity index (χ1n) is 16.2. The number of carbonyl (C=O) groups excluding carboxylic acids is 5. The van der Waals surface area contributed by atoms with E-state index in [0.717, 1.165) is 10.6 Å². The summed E-state index contributed by atoms with van der Waals surface area (Å²) >= 11 is 0. The summed E-state index contributed by atoms with van der Waals surface area (Å²) in [7, 11) is -2.18. The van der Waals surface area contributed by atoms with Gasteiger partial charge in [-0.2, -0.15) is 13.2 Å². The number of likely N-dealkylation sites (tertiary alicyclic amines) is 1. The lowest BCUT2D eigenvalue weighted by atomic mass is 9.84. The molecule has 282 valence electrons. The van der Waals surface area contributed by atoms with Crippen LogP contribution in [0.4, 0.5) is 18.0 Å². The van der Waals surface area contributed by atoms with Gasteiger partial charge in [-0.3, -0.25) is 19.2 Å². The molecule has 0 bridgehead atoms. The second-order valence-corrected chi connectivity index (χ2v) is 17.2. The Morgan fingerprint density at radius 3 is 2.00 bits per heavy atom. The maximum atomic E-state index is 14.2. The van der Waals surface area contributed by atoms with Crippen molar-refractivity contribution in [2.75, 3.05) is 32.9 Å². The molecule has 1 aliphatic heterocycles. The van der Waals surface area contributed by atoms with E-state index in [2.05, 4.69) is 27.8 Å². The molecule has 0 spiro atoms. The molecular weight excluding hydrogens is 669 g/mol. The standard InChI is InChI=1S/C32H55F3N6O7S/c1-12-16-36-27(44)24(42)21(13-15-32(33,34)35)37-26(43)23-20(19(2)3)14-17-41(23)28(45)25(31(7,8)9)39-29(46)38-22(30(4,5)6)18-40(10)49(11,47)48/h12,19-23,25H,1,13-18H2,2-11H3,(H,36,44)(H,37,43)(H2,38,39,46)/t20-,21?,22-,23+,25-/m1/s1.